The van der Waals surface area contributed by atoms with E-state index in [0.29, 0.717) is 10.9 Å². The summed E-state index contributed by atoms with van der Waals surface area (Å²) in [5, 5.41) is 5.74. The van der Waals surface area contributed by atoms with E-state index in [9.17, 15) is 0 Å². The number of thiazole rings is 1. The molecular formula is C21H15ClN4S. The smallest absolute Gasteiger partial charge is 0.183 e. The predicted molar refractivity (Wildman–Crippen MR) is 114 cm³/mol. The van der Waals surface area contributed by atoms with Gasteiger partial charge in [0.2, 0.25) is 0 Å². The highest BCUT2D eigenvalue weighted by molar-refractivity contribution is 7.20. The van der Waals surface area contributed by atoms with Gasteiger partial charge in [0.05, 0.1) is 22.1 Å². The van der Waals surface area contributed by atoms with Crippen molar-refractivity contribution in [3.63, 3.8) is 0 Å². The number of aromatic nitrogens is 1. The van der Waals surface area contributed by atoms with E-state index >= 15 is 0 Å². The maximum atomic E-state index is 6.18. The number of para-hydroxylation sites is 2. The predicted octanol–water partition coefficient (Wildman–Crippen LogP) is 5.65. The summed E-state index contributed by atoms with van der Waals surface area (Å²) in [4.78, 5) is 9.36. The van der Waals surface area contributed by atoms with Gasteiger partial charge in [-0.05, 0) is 30.3 Å². The van der Waals surface area contributed by atoms with Gasteiger partial charge in [-0.15, -0.1) is 11.3 Å². The van der Waals surface area contributed by atoms with Crippen LogP contribution >= 0.6 is 22.9 Å². The summed E-state index contributed by atoms with van der Waals surface area (Å²) < 4.78 is 1.10. The summed E-state index contributed by atoms with van der Waals surface area (Å²) in [7, 11) is 0. The number of amidine groups is 1. The SMILES string of the molecule is Clc1ccccc1/C=N/NC(=Nc1ccccc1)c1nc2ccccc2s1. The third kappa shape index (κ3) is 4.22. The van der Waals surface area contributed by atoms with Gasteiger partial charge in [0.15, 0.2) is 10.8 Å². The zero-order valence-electron chi connectivity index (χ0n) is 14.2. The van der Waals surface area contributed by atoms with Gasteiger partial charge < -0.3 is 0 Å². The summed E-state index contributed by atoms with van der Waals surface area (Å²) in [6, 6.07) is 25.3. The Morgan fingerprint density at radius 1 is 0.926 bits per heavy atom. The van der Waals surface area contributed by atoms with Crippen LogP contribution in [0.5, 0.6) is 0 Å². The summed E-state index contributed by atoms with van der Waals surface area (Å²) in [5.41, 5.74) is 5.62. The number of rotatable bonds is 4. The highest BCUT2D eigenvalue weighted by atomic mass is 35.5. The first kappa shape index (κ1) is 17.4. The van der Waals surface area contributed by atoms with Gasteiger partial charge in [-0.3, -0.25) is 5.43 Å². The number of fused-ring (bicyclic) bond motifs is 1. The Morgan fingerprint density at radius 3 is 2.48 bits per heavy atom. The minimum atomic E-state index is 0.589. The Hall–Kier alpha value is -3.02. The Labute approximate surface area is 165 Å². The van der Waals surface area contributed by atoms with Crippen LogP contribution in [0.4, 0.5) is 5.69 Å². The zero-order chi connectivity index (χ0) is 18.5. The fraction of sp³-hybridized carbons (Fsp3) is 0. The normalized spacial score (nSPS) is 12.0. The van der Waals surface area contributed by atoms with Gasteiger partial charge in [0, 0.05) is 10.6 Å². The molecule has 0 amide bonds. The second-order valence-electron chi connectivity index (χ2n) is 5.67. The number of nitrogens with one attached hydrogen (secondary N) is 1. The van der Waals surface area contributed by atoms with E-state index in [2.05, 4.69) is 20.5 Å². The molecule has 0 aliphatic carbocycles. The van der Waals surface area contributed by atoms with E-state index in [1.165, 1.54) is 0 Å². The molecular weight excluding hydrogens is 376 g/mol. The molecule has 1 heterocycles. The van der Waals surface area contributed by atoms with Crippen molar-refractivity contribution in [2.24, 2.45) is 10.1 Å². The first-order valence-electron chi connectivity index (χ1n) is 8.33. The molecule has 0 spiro atoms. The lowest BCUT2D eigenvalue weighted by Gasteiger charge is -2.03. The molecule has 4 nitrogen and oxygen atoms in total. The fourth-order valence-electron chi connectivity index (χ4n) is 2.47. The van der Waals surface area contributed by atoms with E-state index < -0.39 is 0 Å². The lowest BCUT2D eigenvalue weighted by molar-refractivity contribution is 1.03. The molecule has 0 fully saturated rings. The van der Waals surface area contributed by atoms with Crippen LogP contribution in [0.3, 0.4) is 0 Å². The topological polar surface area (TPSA) is 49.6 Å². The van der Waals surface area contributed by atoms with Crippen LogP contribution in [0, 0.1) is 0 Å². The van der Waals surface area contributed by atoms with Crippen LogP contribution in [0.2, 0.25) is 5.02 Å². The Balaban J connectivity index is 1.68. The standard InChI is InChI=1S/C21H15ClN4S/c22-17-11-5-4-8-15(17)14-23-26-20(24-16-9-2-1-3-10-16)21-25-18-12-6-7-13-19(18)27-21/h1-14H,(H,24,26)/b23-14+. The number of halogens is 1. The number of hydrogen-bond donors (Lipinski definition) is 1. The Kier molecular flexibility index (Phi) is 5.23. The Bertz CT molecular complexity index is 1090. The molecule has 0 unspecified atom stereocenters. The van der Waals surface area contributed by atoms with Gasteiger partial charge in [-0.2, -0.15) is 5.10 Å². The van der Waals surface area contributed by atoms with Crippen LogP contribution in [0.15, 0.2) is 89.0 Å². The molecule has 0 atom stereocenters. The minimum absolute atomic E-state index is 0.589. The van der Waals surface area contributed by atoms with E-state index in [4.69, 9.17) is 11.6 Å². The van der Waals surface area contributed by atoms with Gasteiger partial charge in [-0.1, -0.05) is 60.1 Å². The summed E-state index contributed by atoms with van der Waals surface area (Å²) in [5.74, 6) is 0.589. The number of benzene rings is 3. The number of nitrogens with zero attached hydrogens (tertiary/aromatic N) is 3. The summed E-state index contributed by atoms with van der Waals surface area (Å²) in [6.07, 6.45) is 1.68. The van der Waals surface area contributed by atoms with Crippen LogP contribution in [0.1, 0.15) is 10.6 Å². The molecule has 4 aromatic rings. The van der Waals surface area contributed by atoms with E-state index in [1.807, 2.05) is 78.9 Å². The number of hydrogen-bond acceptors (Lipinski definition) is 4. The first-order valence-corrected chi connectivity index (χ1v) is 9.52. The highest BCUT2D eigenvalue weighted by Gasteiger charge is 2.10. The largest absolute Gasteiger partial charge is 0.259 e. The van der Waals surface area contributed by atoms with Crippen molar-refractivity contribution in [1.29, 1.82) is 0 Å². The average molecular weight is 391 g/mol. The molecule has 3 aromatic carbocycles. The first-order chi connectivity index (χ1) is 13.3. The van der Waals surface area contributed by atoms with E-state index in [0.717, 1.165) is 26.5 Å². The van der Waals surface area contributed by atoms with E-state index in [-0.39, 0.29) is 0 Å². The minimum Gasteiger partial charge on any atom is -0.259 e. The molecule has 6 heteroatoms. The highest BCUT2D eigenvalue weighted by Crippen LogP contribution is 2.23. The zero-order valence-corrected chi connectivity index (χ0v) is 15.8. The van der Waals surface area contributed by atoms with Crippen LogP contribution < -0.4 is 5.43 Å². The number of hydrazone groups is 1. The maximum absolute atomic E-state index is 6.18. The van der Waals surface area contributed by atoms with Gasteiger partial charge >= 0.3 is 0 Å². The van der Waals surface area contributed by atoms with Crippen LogP contribution in [-0.4, -0.2) is 17.0 Å². The molecule has 0 bridgehead atoms. The van der Waals surface area contributed by atoms with Gasteiger partial charge in [-0.25, -0.2) is 9.98 Å². The molecule has 4 rings (SSSR count). The Morgan fingerprint density at radius 2 is 1.67 bits per heavy atom. The molecule has 0 saturated heterocycles. The average Bonchev–Trinajstić information content (AvgIpc) is 3.13. The third-order valence-electron chi connectivity index (χ3n) is 3.77. The third-order valence-corrected chi connectivity index (χ3v) is 5.16. The maximum Gasteiger partial charge on any atom is 0.183 e. The van der Waals surface area contributed by atoms with Crippen LogP contribution in [-0.2, 0) is 0 Å². The molecule has 132 valence electrons. The lowest BCUT2D eigenvalue weighted by Crippen LogP contribution is -2.18. The monoisotopic (exact) mass is 390 g/mol. The van der Waals surface area contributed by atoms with Crippen molar-refractivity contribution < 1.29 is 0 Å². The van der Waals surface area contributed by atoms with Crippen molar-refractivity contribution in [2.75, 3.05) is 0 Å². The summed E-state index contributed by atoms with van der Waals surface area (Å²) >= 11 is 7.75. The quantitative estimate of drug-likeness (QED) is 0.278. The van der Waals surface area contributed by atoms with Crippen molar-refractivity contribution in [3.8, 4) is 0 Å². The molecule has 1 aromatic heterocycles. The van der Waals surface area contributed by atoms with Gasteiger partial charge in [0.1, 0.15) is 0 Å². The van der Waals surface area contributed by atoms with Crippen molar-refractivity contribution >= 4 is 50.9 Å². The van der Waals surface area contributed by atoms with Crippen LogP contribution in [0.25, 0.3) is 10.2 Å². The fourth-order valence-corrected chi connectivity index (χ4v) is 3.56. The molecule has 27 heavy (non-hydrogen) atoms. The second-order valence-corrected chi connectivity index (χ2v) is 7.11. The van der Waals surface area contributed by atoms with Gasteiger partial charge in [0.25, 0.3) is 0 Å². The number of aliphatic imine (C=N–C) groups is 1. The van der Waals surface area contributed by atoms with Crippen molar-refractivity contribution in [2.45, 2.75) is 0 Å². The van der Waals surface area contributed by atoms with Crippen molar-refractivity contribution in [3.05, 3.63) is 94.5 Å². The second kappa shape index (κ2) is 8.12. The summed E-state index contributed by atoms with van der Waals surface area (Å²) in [6.45, 7) is 0. The molecule has 0 aliphatic rings. The van der Waals surface area contributed by atoms with E-state index in [1.54, 1.807) is 17.6 Å². The molecule has 0 radical (unpaired) electrons. The molecule has 1 N–H and O–H groups in total. The van der Waals surface area contributed by atoms with Crippen molar-refractivity contribution in [1.82, 2.24) is 10.4 Å². The lowest BCUT2D eigenvalue weighted by atomic mass is 10.2. The molecule has 0 aliphatic heterocycles. The molecule has 0 saturated carbocycles.